The first-order valence-corrected chi connectivity index (χ1v) is 16.7. The van der Waals surface area contributed by atoms with Crippen LogP contribution >= 0.6 is 0 Å². The molecule has 0 N–H and O–H groups in total. The van der Waals surface area contributed by atoms with E-state index in [-0.39, 0.29) is 0 Å². The monoisotopic (exact) mass is 595 g/mol. The van der Waals surface area contributed by atoms with Crippen molar-refractivity contribution in [3.8, 4) is 16.8 Å². The number of fused-ring (bicyclic) bond motifs is 14. The largest absolute Gasteiger partial charge is 0.309 e. The lowest BCUT2D eigenvalue weighted by Crippen LogP contribution is -2.36. The van der Waals surface area contributed by atoms with E-state index in [2.05, 4.69) is 114 Å². The van der Waals surface area contributed by atoms with Crippen molar-refractivity contribution in [1.29, 1.82) is 0 Å². The molecular weight excluding hydrogens is 571 g/mol. The summed E-state index contributed by atoms with van der Waals surface area (Å²) in [5.74, 6) is 0. The molecule has 0 saturated heterocycles. The van der Waals surface area contributed by atoms with Crippen LogP contribution in [0.15, 0.2) is 161 Å². The fourth-order valence-electron chi connectivity index (χ4n) is 8.28. The molecule has 0 unspecified atom stereocenters. The van der Waals surface area contributed by atoms with Crippen LogP contribution in [0.5, 0.6) is 0 Å². The molecule has 0 saturated carbocycles. The Labute approximate surface area is 260 Å². The van der Waals surface area contributed by atoms with Crippen molar-refractivity contribution in [3.05, 3.63) is 174 Å². The molecule has 2 heterocycles. The maximum absolute atomic E-state index is 15.0. The summed E-state index contributed by atoms with van der Waals surface area (Å²) in [4.78, 5) is 0.778. The van der Waals surface area contributed by atoms with Crippen LogP contribution in [0.25, 0.3) is 49.4 Å². The Morgan fingerprint density at radius 2 is 1.11 bits per heavy atom. The van der Waals surface area contributed by atoms with Gasteiger partial charge in [0.1, 0.15) is 0 Å². The summed E-state index contributed by atoms with van der Waals surface area (Å²) in [6.07, 6.45) is 0. The molecule has 1 aromatic heterocycles. The lowest BCUT2D eigenvalue weighted by Gasteiger charge is -2.39. The minimum Gasteiger partial charge on any atom is -0.309 e. The maximum atomic E-state index is 15.0. The number of rotatable bonds is 1. The van der Waals surface area contributed by atoms with E-state index in [1.807, 2.05) is 36.4 Å². The normalized spacial score (nSPS) is 15.2. The van der Waals surface area contributed by atoms with Gasteiger partial charge in [-0.3, -0.25) is 0 Å². The number of benzene rings is 7. The van der Waals surface area contributed by atoms with Gasteiger partial charge < -0.3 is 4.57 Å². The minimum absolute atomic E-state index is 0.374. The first kappa shape index (κ1) is 24.9. The fraction of sp³-hybridized carbons (Fsp3) is 0.0244. The van der Waals surface area contributed by atoms with Crippen LogP contribution in [-0.4, -0.2) is 13.0 Å². The van der Waals surface area contributed by atoms with E-state index >= 15 is 8.42 Å². The average Bonchev–Trinajstić information content (AvgIpc) is 3.58. The molecule has 3 nitrogen and oxygen atoms in total. The van der Waals surface area contributed by atoms with E-state index in [1.165, 1.54) is 5.39 Å². The standard InChI is InChI=1S/C41H25NO2S/c43-45(44)38-20-10-8-18-34(38)41(32-16-6-3-13-29(32)30-14-4-7-17-33(30)41)35-23-24-37-39(40(35)45)31-15-5-9-19-36(31)42(37)28-22-21-26-11-1-2-12-27(26)25-28/h1-25H. The quantitative estimate of drug-likeness (QED) is 0.190. The zero-order valence-electron chi connectivity index (χ0n) is 24.1. The summed E-state index contributed by atoms with van der Waals surface area (Å²) in [6.45, 7) is 0. The van der Waals surface area contributed by atoms with Gasteiger partial charge in [0.2, 0.25) is 9.84 Å². The highest BCUT2D eigenvalue weighted by Gasteiger charge is 2.53. The number of para-hydroxylation sites is 1. The predicted octanol–water partition coefficient (Wildman–Crippen LogP) is 9.45. The van der Waals surface area contributed by atoms with Crippen LogP contribution in [0.2, 0.25) is 0 Å². The molecule has 1 aliphatic carbocycles. The third-order valence-electron chi connectivity index (χ3n) is 9.99. The topological polar surface area (TPSA) is 39.1 Å². The van der Waals surface area contributed by atoms with E-state index in [9.17, 15) is 0 Å². The molecule has 0 atom stereocenters. The summed E-state index contributed by atoms with van der Waals surface area (Å²) >= 11 is 0. The number of sulfone groups is 1. The summed E-state index contributed by atoms with van der Waals surface area (Å²) in [6, 6.07) is 51.8. The van der Waals surface area contributed by atoms with Crippen LogP contribution in [0.4, 0.5) is 0 Å². The molecule has 10 rings (SSSR count). The van der Waals surface area contributed by atoms with E-state index in [0.29, 0.717) is 9.79 Å². The van der Waals surface area contributed by atoms with Gasteiger partial charge in [0, 0.05) is 16.5 Å². The van der Waals surface area contributed by atoms with Crippen molar-refractivity contribution >= 4 is 42.4 Å². The molecule has 0 bridgehead atoms. The average molecular weight is 596 g/mol. The van der Waals surface area contributed by atoms with Gasteiger partial charge in [-0.1, -0.05) is 121 Å². The predicted molar refractivity (Wildman–Crippen MR) is 181 cm³/mol. The maximum Gasteiger partial charge on any atom is 0.207 e. The van der Waals surface area contributed by atoms with Gasteiger partial charge in [-0.15, -0.1) is 0 Å². The highest BCUT2D eigenvalue weighted by Crippen LogP contribution is 2.61. The molecule has 2 aliphatic rings. The molecule has 1 spiro atoms. The molecule has 4 heteroatoms. The van der Waals surface area contributed by atoms with Crippen LogP contribution in [0, 0.1) is 0 Å². The van der Waals surface area contributed by atoms with Gasteiger partial charge in [0.25, 0.3) is 0 Å². The smallest absolute Gasteiger partial charge is 0.207 e. The molecule has 1 aliphatic heterocycles. The Morgan fingerprint density at radius 1 is 0.489 bits per heavy atom. The Morgan fingerprint density at radius 3 is 1.89 bits per heavy atom. The summed E-state index contributed by atoms with van der Waals surface area (Å²) < 4.78 is 32.3. The Bertz CT molecular complexity index is 2640. The van der Waals surface area contributed by atoms with Crippen LogP contribution in [0.3, 0.4) is 0 Å². The lowest BCUT2D eigenvalue weighted by molar-refractivity contribution is 0.582. The molecule has 0 fully saturated rings. The second kappa shape index (κ2) is 8.59. The van der Waals surface area contributed by atoms with Gasteiger partial charge in [-0.25, -0.2) is 8.42 Å². The third kappa shape index (κ3) is 2.98. The highest BCUT2D eigenvalue weighted by molar-refractivity contribution is 7.92. The van der Waals surface area contributed by atoms with Crippen LogP contribution < -0.4 is 0 Å². The first-order chi connectivity index (χ1) is 22.1. The van der Waals surface area contributed by atoms with Crippen molar-refractivity contribution in [2.24, 2.45) is 0 Å². The van der Waals surface area contributed by atoms with Gasteiger partial charge in [-0.05, 0) is 74.5 Å². The number of nitrogens with zero attached hydrogens (tertiary/aromatic N) is 1. The van der Waals surface area contributed by atoms with Crippen LogP contribution in [-0.2, 0) is 15.3 Å². The van der Waals surface area contributed by atoms with Crippen molar-refractivity contribution in [1.82, 2.24) is 4.57 Å². The van der Waals surface area contributed by atoms with Gasteiger partial charge in [-0.2, -0.15) is 0 Å². The second-order valence-corrected chi connectivity index (χ2v) is 13.9. The van der Waals surface area contributed by atoms with Gasteiger partial charge in [0.15, 0.2) is 0 Å². The minimum atomic E-state index is -3.90. The zero-order valence-corrected chi connectivity index (χ0v) is 24.9. The SMILES string of the molecule is O=S1(=O)c2ccccc2C2(c3ccccc3-c3ccccc32)c2ccc3c(c21)c1ccccc1n3-c1ccc2ccccc2c1. The van der Waals surface area contributed by atoms with E-state index in [1.54, 1.807) is 6.07 Å². The lowest BCUT2D eigenvalue weighted by atomic mass is 9.67. The molecular formula is C41H25NO2S. The van der Waals surface area contributed by atoms with Crippen molar-refractivity contribution in [3.63, 3.8) is 0 Å². The second-order valence-electron chi connectivity index (χ2n) is 12.1. The summed E-state index contributed by atoms with van der Waals surface area (Å²) in [5.41, 5.74) is 8.23. The van der Waals surface area contributed by atoms with Gasteiger partial charge in [0.05, 0.1) is 26.2 Å². The number of aromatic nitrogens is 1. The molecule has 0 amide bonds. The molecule has 0 radical (unpaired) electrons. The van der Waals surface area contributed by atoms with E-state index in [4.69, 9.17) is 0 Å². The summed E-state index contributed by atoms with van der Waals surface area (Å²) in [5, 5.41) is 4.00. The van der Waals surface area contributed by atoms with Crippen LogP contribution in [0.1, 0.15) is 22.3 Å². The zero-order chi connectivity index (χ0) is 29.9. The van der Waals surface area contributed by atoms with Gasteiger partial charge >= 0.3 is 0 Å². The first-order valence-electron chi connectivity index (χ1n) is 15.2. The molecule has 8 aromatic rings. The third-order valence-corrected chi connectivity index (χ3v) is 11.9. The number of hydrogen-bond acceptors (Lipinski definition) is 2. The molecule has 212 valence electrons. The molecule has 7 aromatic carbocycles. The Kier molecular flexibility index (Phi) is 4.76. The Balaban J connectivity index is 1.42. The Hall–Kier alpha value is -5.45. The van der Waals surface area contributed by atoms with Crippen molar-refractivity contribution in [2.45, 2.75) is 15.2 Å². The fourth-order valence-corrected chi connectivity index (χ4v) is 10.3. The van der Waals surface area contributed by atoms with E-state index in [0.717, 1.165) is 66.3 Å². The van der Waals surface area contributed by atoms with E-state index < -0.39 is 15.3 Å². The molecule has 45 heavy (non-hydrogen) atoms. The summed E-state index contributed by atoms with van der Waals surface area (Å²) in [7, 11) is -3.90. The highest BCUT2D eigenvalue weighted by atomic mass is 32.2. The number of hydrogen-bond donors (Lipinski definition) is 0. The van der Waals surface area contributed by atoms with Crippen molar-refractivity contribution in [2.75, 3.05) is 0 Å². The van der Waals surface area contributed by atoms with Crippen molar-refractivity contribution < 1.29 is 8.42 Å².